The molecule has 0 rings (SSSR count). The Morgan fingerprint density at radius 1 is 0.656 bits per heavy atom. The van der Waals surface area contributed by atoms with Gasteiger partial charge in [-0.25, -0.2) is 9.59 Å². The molecule has 1 atom stereocenters. The first kappa shape index (κ1) is 30.7. The minimum atomic E-state index is -0.615. The van der Waals surface area contributed by atoms with E-state index in [1.54, 1.807) is 0 Å². The Hall–Kier alpha value is -1.26. The summed E-state index contributed by atoms with van der Waals surface area (Å²) in [6.07, 6.45) is 20.5. The fraction of sp³-hybridized carbons (Fsp3) is 0.926. The molecule has 32 heavy (non-hydrogen) atoms. The van der Waals surface area contributed by atoms with Crippen molar-refractivity contribution in [3.8, 4) is 0 Å². The number of carbonyl (C=O) groups excluding carboxylic acids is 2. The van der Waals surface area contributed by atoms with Crippen LogP contribution in [0, 0.1) is 5.92 Å². The molecule has 0 radical (unpaired) electrons. The van der Waals surface area contributed by atoms with E-state index in [1.807, 2.05) is 20.8 Å². The van der Waals surface area contributed by atoms with Crippen LogP contribution < -0.4 is 5.32 Å². The predicted octanol–water partition coefficient (Wildman–Crippen LogP) is 7.95. The van der Waals surface area contributed by atoms with Crippen molar-refractivity contribution in [3.63, 3.8) is 0 Å². The Kier molecular flexibility index (Phi) is 22.0. The maximum atomic E-state index is 12.3. The fourth-order valence-electron chi connectivity index (χ4n) is 3.71. The molecule has 5 nitrogen and oxygen atoms in total. The van der Waals surface area contributed by atoms with Gasteiger partial charge in [0.05, 0.1) is 13.2 Å². The second kappa shape index (κ2) is 22.9. The molecule has 1 amide bonds. The third-order valence-corrected chi connectivity index (χ3v) is 5.69. The molecule has 1 N–H and O–H groups in total. The maximum absolute atomic E-state index is 12.3. The van der Waals surface area contributed by atoms with Crippen LogP contribution in [0.25, 0.3) is 0 Å². The van der Waals surface area contributed by atoms with Crippen LogP contribution >= 0.6 is 0 Å². The number of hydrogen-bond donors (Lipinski definition) is 1. The van der Waals surface area contributed by atoms with Crippen LogP contribution in [0.15, 0.2) is 0 Å². The molecule has 190 valence electrons. The van der Waals surface area contributed by atoms with Gasteiger partial charge in [-0.3, -0.25) is 0 Å². The molecule has 0 saturated heterocycles. The third-order valence-electron chi connectivity index (χ3n) is 5.69. The van der Waals surface area contributed by atoms with Gasteiger partial charge in [-0.05, 0) is 18.8 Å². The van der Waals surface area contributed by atoms with E-state index >= 15 is 0 Å². The highest BCUT2D eigenvalue weighted by molar-refractivity contribution is 5.81. The van der Waals surface area contributed by atoms with E-state index in [0.717, 1.165) is 19.3 Å². The first-order valence-corrected chi connectivity index (χ1v) is 13.6. The smallest absolute Gasteiger partial charge is 0.407 e. The molecule has 0 aliphatic heterocycles. The Balaban J connectivity index is 3.58. The molecule has 0 aromatic heterocycles. The number of esters is 1. The number of carbonyl (C=O) groups is 2. The number of ether oxygens (including phenoxy) is 2. The van der Waals surface area contributed by atoms with Gasteiger partial charge in [0.25, 0.3) is 0 Å². The largest absolute Gasteiger partial charge is 0.464 e. The zero-order valence-electron chi connectivity index (χ0n) is 21.7. The van der Waals surface area contributed by atoms with Crippen molar-refractivity contribution in [1.82, 2.24) is 5.32 Å². The average Bonchev–Trinajstić information content (AvgIpc) is 2.77. The molecule has 0 aliphatic rings. The van der Waals surface area contributed by atoms with E-state index in [4.69, 9.17) is 9.47 Å². The van der Waals surface area contributed by atoms with Crippen LogP contribution in [0.3, 0.4) is 0 Å². The van der Waals surface area contributed by atoms with Crippen molar-refractivity contribution < 1.29 is 19.1 Å². The van der Waals surface area contributed by atoms with Gasteiger partial charge in [-0.2, -0.15) is 0 Å². The molecule has 0 bridgehead atoms. The number of alkyl carbamates (subject to hydrolysis) is 1. The van der Waals surface area contributed by atoms with Crippen molar-refractivity contribution >= 4 is 12.1 Å². The highest BCUT2D eigenvalue weighted by atomic mass is 16.6. The molecule has 0 aromatic rings. The summed E-state index contributed by atoms with van der Waals surface area (Å²) in [5, 5.41) is 2.64. The normalized spacial score (nSPS) is 12.0. The topological polar surface area (TPSA) is 64.6 Å². The summed E-state index contributed by atoms with van der Waals surface area (Å²) in [7, 11) is 0. The van der Waals surface area contributed by atoms with E-state index in [1.165, 1.54) is 83.5 Å². The Bertz CT molecular complexity index is 439. The van der Waals surface area contributed by atoms with Crippen LogP contribution in [-0.2, 0) is 14.3 Å². The summed E-state index contributed by atoms with van der Waals surface area (Å²) in [6, 6.07) is -0.615. The average molecular weight is 456 g/mol. The SMILES string of the molecule is CCCCCCCCCCCCCCCCCOC(=O)C(CCC)NC(=O)OCC(C)C. The Morgan fingerprint density at radius 3 is 1.56 bits per heavy atom. The summed E-state index contributed by atoms with van der Waals surface area (Å²) in [5.41, 5.74) is 0. The number of rotatable bonds is 22. The van der Waals surface area contributed by atoms with Crippen molar-refractivity contribution in [2.24, 2.45) is 5.92 Å². The second-order valence-electron chi connectivity index (χ2n) is 9.60. The Labute approximate surface area is 198 Å². The van der Waals surface area contributed by atoms with Crippen molar-refractivity contribution in [2.75, 3.05) is 13.2 Å². The van der Waals surface area contributed by atoms with E-state index in [0.29, 0.717) is 19.6 Å². The number of amides is 1. The molecule has 0 aromatic carbocycles. The first-order valence-electron chi connectivity index (χ1n) is 13.6. The lowest BCUT2D eigenvalue weighted by Crippen LogP contribution is -2.42. The fourth-order valence-corrected chi connectivity index (χ4v) is 3.71. The van der Waals surface area contributed by atoms with Gasteiger partial charge in [0.1, 0.15) is 6.04 Å². The monoisotopic (exact) mass is 455 g/mol. The van der Waals surface area contributed by atoms with Crippen LogP contribution in [0.1, 0.15) is 137 Å². The number of nitrogens with one attached hydrogen (secondary N) is 1. The van der Waals surface area contributed by atoms with E-state index in [2.05, 4.69) is 12.2 Å². The number of hydrogen-bond acceptors (Lipinski definition) is 4. The van der Waals surface area contributed by atoms with Gasteiger partial charge < -0.3 is 14.8 Å². The van der Waals surface area contributed by atoms with Gasteiger partial charge in [-0.1, -0.05) is 124 Å². The highest BCUT2D eigenvalue weighted by Crippen LogP contribution is 2.13. The summed E-state index contributed by atoms with van der Waals surface area (Å²) in [4.78, 5) is 24.1. The number of unbranched alkanes of at least 4 members (excludes halogenated alkanes) is 14. The van der Waals surface area contributed by atoms with Crippen LogP contribution in [-0.4, -0.2) is 31.3 Å². The summed E-state index contributed by atoms with van der Waals surface area (Å²) >= 11 is 0. The minimum absolute atomic E-state index is 0.266. The standard InChI is InChI=1S/C27H53NO4/c1-5-7-8-9-10-11-12-13-14-15-16-17-18-19-20-22-31-26(29)25(21-6-2)28-27(30)32-23-24(3)4/h24-25H,5-23H2,1-4H3,(H,28,30). The van der Waals surface area contributed by atoms with Gasteiger partial charge in [0, 0.05) is 0 Å². The van der Waals surface area contributed by atoms with Gasteiger partial charge in [-0.15, -0.1) is 0 Å². The molecule has 0 fully saturated rings. The quantitative estimate of drug-likeness (QED) is 0.133. The van der Waals surface area contributed by atoms with E-state index < -0.39 is 12.1 Å². The third kappa shape index (κ3) is 20.6. The van der Waals surface area contributed by atoms with Crippen molar-refractivity contribution in [2.45, 2.75) is 143 Å². The summed E-state index contributed by atoms with van der Waals surface area (Å²) in [6.45, 7) is 8.98. The van der Waals surface area contributed by atoms with Crippen molar-refractivity contribution in [3.05, 3.63) is 0 Å². The summed E-state index contributed by atoms with van der Waals surface area (Å²) < 4.78 is 10.5. The van der Waals surface area contributed by atoms with Crippen LogP contribution in [0.2, 0.25) is 0 Å². The van der Waals surface area contributed by atoms with Crippen molar-refractivity contribution in [1.29, 1.82) is 0 Å². The molecule has 1 unspecified atom stereocenters. The predicted molar refractivity (Wildman–Crippen MR) is 134 cm³/mol. The molecule has 0 saturated carbocycles. The van der Waals surface area contributed by atoms with E-state index in [9.17, 15) is 9.59 Å². The van der Waals surface area contributed by atoms with Gasteiger partial charge in [0.2, 0.25) is 0 Å². The maximum Gasteiger partial charge on any atom is 0.407 e. The minimum Gasteiger partial charge on any atom is -0.464 e. The first-order chi connectivity index (χ1) is 15.5. The van der Waals surface area contributed by atoms with Gasteiger partial charge >= 0.3 is 12.1 Å². The summed E-state index contributed by atoms with van der Waals surface area (Å²) in [5.74, 6) is -0.0823. The van der Waals surface area contributed by atoms with Crippen LogP contribution in [0.5, 0.6) is 0 Å². The lowest BCUT2D eigenvalue weighted by atomic mass is 10.0. The zero-order valence-corrected chi connectivity index (χ0v) is 21.7. The van der Waals surface area contributed by atoms with Gasteiger partial charge in [0.15, 0.2) is 0 Å². The molecule has 0 aliphatic carbocycles. The van der Waals surface area contributed by atoms with Crippen LogP contribution in [0.4, 0.5) is 4.79 Å². The lowest BCUT2D eigenvalue weighted by Gasteiger charge is -2.17. The van der Waals surface area contributed by atoms with E-state index in [-0.39, 0.29) is 11.9 Å². The highest BCUT2D eigenvalue weighted by Gasteiger charge is 2.22. The zero-order chi connectivity index (χ0) is 23.9. The molecule has 0 spiro atoms. The molecule has 5 heteroatoms. The lowest BCUT2D eigenvalue weighted by molar-refractivity contribution is -0.146. The molecular formula is C27H53NO4. The Morgan fingerprint density at radius 2 is 1.12 bits per heavy atom. The molecular weight excluding hydrogens is 402 g/mol. The molecule has 0 heterocycles. The second-order valence-corrected chi connectivity index (χ2v) is 9.60.